The van der Waals surface area contributed by atoms with Crippen molar-refractivity contribution in [2.75, 3.05) is 11.9 Å². The highest BCUT2D eigenvalue weighted by Gasteiger charge is 2.36. The standard InChI is InChI=1S/C21H17N3O5S/c1-14(11-15-5-3-2-4-6-15)12-18-20(26)23(21(27)30-18)13-19(25)22-16-7-9-17(10-8-16)24(28)29/h2-12H,13H2,1H3,(H,22,25)/b14-11+,18-12-. The highest BCUT2D eigenvalue weighted by atomic mass is 32.2. The first kappa shape index (κ1) is 21.0. The van der Waals surface area contributed by atoms with Crippen molar-refractivity contribution in [3.05, 3.63) is 86.8 Å². The van der Waals surface area contributed by atoms with E-state index in [9.17, 15) is 24.5 Å². The minimum Gasteiger partial charge on any atom is -0.325 e. The van der Waals surface area contributed by atoms with Crippen molar-refractivity contribution in [3.63, 3.8) is 0 Å². The lowest BCUT2D eigenvalue weighted by atomic mass is 10.1. The van der Waals surface area contributed by atoms with Gasteiger partial charge < -0.3 is 5.32 Å². The number of nitrogens with one attached hydrogen (secondary N) is 1. The first-order valence-corrected chi connectivity index (χ1v) is 9.68. The Bertz CT molecular complexity index is 1060. The van der Waals surface area contributed by atoms with Crippen LogP contribution in [0.2, 0.25) is 0 Å². The van der Waals surface area contributed by atoms with E-state index in [0.29, 0.717) is 5.69 Å². The Morgan fingerprint density at radius 1 is 1.13 bits per heavy atom. The van der Waals surface area contributed by atoms with Crippen molar-refractivity contribution in [2.45, 2.75) is 6.92 Å². The van der Waals surface area contributed by atoms with Crippen LogP contribution in [0.1, 0.15) is 12.5 Å². The summed E-state index contributed by atoms with van der Waals surface area (Å²) in [6, 6.07) is 14.8. The molecule has 0 radical (unpaired) electrons. The molecule has 1 aliphatic rings. The Hall–Kier alpha value is -3.72. The number of allylic oxidation sites excluding steroid dienone is 2. The van der Waals surface area contributed by atoms with E-state index in [2.05, 4.69) is 5.32 Å². The van der Waals surface area contributed by atoms with Crippen molar-refractivity contribution in [3.8, 4) is 0 Å². The lowest BCUT2D eigenvalue weighted by Crippen LogP contribution is -2.36. The summed E-state index contributed by atoms with van der Waals surface area (Å²) < 4.78 is 0. The van der Waals surface area contributed by atoms with Gasteiger partial charge in [0, 0.05) is 17.8 Å². The lowest BCUT2D eigenvalue weighted by molar-refractivity contribution is -0.384. The van der Waals surface area contributed by atoms with Gasteiger partial charge in [0.25, 0.3) is 16.8 Å². The summed E-state index contributed by atoms with van der Waals surface area (Å²) in [4.78, 5) is 48.2. The molecule has 1 heterocycles. The van der Waals surface area contributed by atoms with Crippen LogP contribution in [0, 0.1) is 10.1 Å². The van der Waals surface area contributed by atoms with Crippen LogP contribution in [-0.2, 0) is 9.59 Å². The average Bonchev–Trinajstić information content (AvgIpc) is 2.96. The van der Waals surface area contributed by atoms with Gasteiger partial charge in [-0.1, -0.05) is 36.4 Å². The highest BCUT2D eigenvalue weighted by Crippen LogP contribution is 2.31. The number of hydrogen-bond acceptors (Lipinski definition) is 6. The molecule has 1 aliphatic heterocycles. The second-order valence-electron chi connectivity index (χ2n) is 6.42. The van der Waals surface area contributed by atoms with E-state index in [4.69, 9.17) is 0 Å². The normalized spacial score (nSPS) is 15.6. The van der Waals surface area contributed by atoms with Crippen LogP contribution < -0.4 is 5.32 Å². The number of anilines is 1. The van der Waals surface area contributed by atoms with Gasteiger partial charge in [-0.2, -0.15) is 0 Å². The monoisotopic (exact) mass is 423 g/mol. The molecule has 0 atom stereocenters. The number of imide groups is 1. The minimum atomic E-state index is -0.580. The number of non-ortho nitro benzene ring substituents is 1. The third kappa shape index (κ3) is 5.21. The maximum absolute atomic E-state index is 12.5. The van der Waals surface area contributed by atoms with Gasteiger partial charge in [0.05, 0.1) is 9.83 Å². The van der Waals surface area contributed by atoms with Crippen LogP contribution in [0.15, 0.2) is 71.2 Å². The number of amides is 3. The van der Waals surface area contributed by atoms with Crippen molar-refractivity contribution < 1.29 is 19.3 Å². The molecule has 1 N–H and O–H groups in total. The number of nitro groups is 1. The molecule has 0 spiro atoms. The first-order valence-electron chi connectivity index (χ1n) is 8.86. The van der Waals surface area contributed by atoms with Gasteiger partial charge in [-0.05, 0) is 48.0 Å². The second-order valence-corrected chi connectivity index (χ2v) is 7.41. The number of thioether (sulfide) groups is 1. The van der Waals surface area contributed by atoms with E-state index in [1.54, 1.807) is 6.08 Å². The summed E-state index contributed by atoms with van der Waals surface area (Å²) >= 11 is 0.777. The van der Waals surface area contributed by atoms with Crippen LogP contribution in [0.3, 0.4) is 0 Å². The van der Waals surface area contributed by atoms with Gasteiger partial charge in [-0.25, -0.2) is 0 Å². The molecule has 0 aliphatic carbocycles. The fraction of sp³-hybridized carbons (Fsp3) is 0.0952. The molecule has 3 amide bonds. The molecule has 8 nitrogen and oxygen atoms in total. The topological polar surface area (TPSA) is 110 Å². The molecule has 3 rings (SSSR count). The van der Waals surface area contributed by atoms with E-state index in [1.165, 1.54) is 24.3 Å². The largest absolute Gasteiger partial charge is 0.325 e. The van der Waals surface area contributed by atoms with Crippen molar-refractivity contribution >= 4 is 46.3 Å². The minimum absolute atomic E-state index is 0.108. The van der Waals surface area contributed by atoms with Crippen LogP contribution >= 0.6 is 11.8 Å². The molecule has 0 saturated carbocycles. The predicted octanol–water partition coefficient (Wildman–Crippen LogP) is 4.22. The fourth-order valence-corrected chi connectivity index (χ4v) is 3.60. The van der Waals surface area contributed by atoms with Gasteiger partial charge in [0.2, 0.25) is 5.91 Å². The molecule has 2 aromatic carbocycles. The second kappa shape index (κ2) is 9.19. The van der Waals surface area contributed by atoms with E-state index < -0.39 is 28.5 Å². The molecular formula is C21H17N3O5S. The Morgan fingerprint density at radius 3 is 2.43 bits per heavy atom. The maximum Gasteiger partial charge on any atom is 0.294 e. The third-order valence-corrected chi connectivity index (χ3v) is 5.00. The van der Waals surface area contributed by atoms with Crippen molar-refractivity contribution in [2.24, 2.45) is 0 Å². The number of carbonyl (C=O) groups excluding carboxylic acids is 3. The van der Waals surface area contributed by atoms with Gasteiger partial charge >= 0.3 is 0 Å². The highest BCUT2D eigenvalue weighted by molar-refractivity contribution is 8.18. The summed E-state index contributed by atoms with van der Waals surface area (Å²) in [6.07, 6.45) is 3.50. The third-order valence-electron chi connectivity index (χ3n) is 4.09. The number of rotatable bonds is 6. The molecule has 30 heavy (non-hydrogen) atoms. The number of carbonyl (C=O) groups is 3. The smallest absolute Gasteiger partial charge is 0.294 e. The van der Waals surface area contributed by atoms with Gasteiger partial charge in [0.15, 0.2) is 0 Å². The zero-order valence-corrected chi connectivity index (χ0v) is 16.7. The zero-order valence-electron chi connectivity index (χ0n) is 15.9. The average molecular weight is 423 g/mol. The Kier molecular flexibility index (Phi) is 6.43. The number of benzene rings is 2. The molecule has 2 aromatic rings. The molecular weight excluding hydrogens is 406 g/mol. The summed E-state index contributed by atoms with van der Waals surface area (Å²) in [7, 11) is 0. The fourth-order valence-electron chi connectivity index (χ4n) is 2.71. The summed E-state index contributed by atoms with van der Waals surface area (Å²) in [6.45, 7) is 1.38. The lowest BCUT2D eigenvalue weighted by Gasteiger charge is -2.12. The van der Waals surface area contributed by atoms with Crippen LogP contribution in [0.25, 0.3) is 6.08 Å². The predicted molar refractivity (Wildman–Crippen MR) is 115 cm³/mol. The molecule has 0 bridgehead atoms. The number of hydrogen-bond donors (Lipinski definition) is 1. The van der Waals surface area contributed by atoms with Crippen LogP contribution in [0.4, 0.5) is 16.2 Å². The summed E-state index contributed by atoms with van der Waals surface area (Å²) in [5.41, 5.74) is 1.98. The van der Waals surface area contributed by atoms with E-state index in [0.717, 1.165) is 27.8 Å². The van der Waals surface area contributed by atoms with Crippen LogP contribution in [0.5, 0.6) is 0 Å². The first-order chi connectivity index (χ1) is 14.3. The number of nitrogens with zero attached hydrogens (tertiary/aromatic N) is 2. The Labute approximate surface area is 176 Å². The quantitative estimate of drug-likeness (QED) is 0.423. The Morgan fingerprint density at radius 2 is 1.80 bits per heavy atom. The molecule has 1 fully saturated rings. The van der Waals surface area contributed by atoms with E-state index in [1.807, 2.05) is 43.3 Å². The van der Waals surface area contributed by atoms with E-state index in [-0.39, 0.29) is 10.6 Å². The Balaban J connectivity index is 1.65. The molecule has 0 aromatic heterocycles. The van der Waals surface area contributed by atoms with Gasteiger partial charge in [-0.3, -0.25) is 29.4 Å². The summed E-state index contributed by atoms with van der Waals surface area (Å²) in [5, 5.41) is 12.7. The van der Waals surface area contributed by atoms with E-state index >= 15 is 0 Å². The molecule has 152 valence electrons. The SMILES string of the molecule is CC(/C=C1\SC(=O)N(CC(=O)Nc2ccc([N+](=O)[O-])cc2)C1=O)=C\c1ccccc1. The molecule has 0 unspecified atom stereocenters. The van der Waals surface area contributed by atoms with Gasteiger partial charge in [0.1, 0.15) is 6.54 Å². The zero-order chi connectivity index (χ0) is 21.7. The number of nitro benzene ring substituents is 1. The van der Waals surface area contributed by atoms with Crippen molar-refractivity contribution in [1.29, 1.82) is 0 Å². The maximum atomic E-state index is 12.5. The summed E-state index contributed by atoms with van der Waals surface area (Å²) in [5.74, 6) is -1.12. The van der Waals surface area contributed by atoms with Crippen LogP contribution in [-0.4, -0.2) is 33.4 Å². The van der Waals surface area contributed by atoms with Crippen molar-refractivity contribution in [1.82, 2.24) is 4.90 Å². The molecule has 1 saturated heterocycles. The van der Waals surface area contributed by atoms with Gasteiger partial charge in [-0.15, -0.1) is 0 Å². The molecule has 9 heteroatoms.